The van der Waals surface area contributed by atoms with Crippen LogP contribution in [0.3, 0.4) is 0 Å². The smallest absolute Gasteiger partial charge is 0.246 e. The predicted molar refractivity (Wildman–Crippen MR) is 109 cm³/mol. The van der Waals surface area contributed by atoms with Crippen molar-refractivity contribution in [3.63, 3.8) is 0 Å². The SMILES string of the molecule is CCN(CC)[C@@H]1CCO[C@H](c2ccc(NC(=O)Cn3nc(C)nc3C)cc2)C1. The third-order valence-corrected chi connectivity index (χ3v) is 5.41. The fourth-order valence-corrected chi connectivity index (χ4v) is 3.91. The summed E-state index contributed by atoms with van der Waals surface area (Å²) in [4.78, 5) is 19.0. The van der Waals surface area contributed by atoms with Crippen LogP contribution in [0.25, 0.3) is 0 Å². The van der Waals surface area contributed by atoms with Gasteiger partial charge in [-0.25, -0.2) is 9.67 Å². The lowest BCUT2D eigenvalue weighted by molar-refractivity contribution is -0.116. The van der Waals surface area contributed by atoms with Crippen LogP contribution < -0.4 is 5.32 Å². The van der Waals surface area contributed by atoms with Crippen molar-refractivity contribution in [2.45, 2.75) is 59.2 Å². The number of nitrogens with one attached hydrogen (secondary N) is 1. The minimum Gasteiger partial charge on any atom is -0.373 e. The summed E-state index contributed by atoms with van der Waals surface area (Å²) in [5, 5.41) is 7.15. The molecule has 0 spiro atoms. The maximum Gasteiger partial charge on any atom is 0.246 e. The summed E-state index contributed by atoms with van der Waals surface area (Å²) in [6, 6.07) is 8.56. The fourth-order valence-electron chi connectivity index (χ4n) is 3.91. The van der Waals surface area contributed by atoms with E-state index in [2.05, 4.69) is 46.3 Å². The number of hydrogen-bond acceptors (Lipinski definition) is 5. The summed E-state index contributed by atoms with van der Waals surface area (Å²) in [6.45, 7) is 11.2. The van der Waals surface area contributed by atoms with Crippen molar-refractivity contribution in [1.82, 2.24) is 19.7 Å². The molecule has 0 saturated carbocycles. The Hall–Kier alpha value is -2.25. The Morgan fingerprint density at radius 1 is 1.25 bits per heavy atom. The second-order valence-electron chi connectivity index (χ2n) is 7.29. The van der Waals surface area contributed by atoms with Crippen molar-refractivity contribution in [3.05, 3.63) is 41.5 Å². The maximum absolute atomic E-state index is 12.3. The number of rotatable bonds is 7. The molecule has 2 atom stereocenters. The predicted octanol–water partition coefficient (Wildman–Crippen LogP) is 3.10. The first kappa shape index (κ1) is 20.5. The van der Waals surface area contributed by atoms with Crippen LogP contribution >= 0.6 is 0 Å². The van der Waals surface area contributed by atoms with E-state index in [1.54, 1.807) is 4.68 Å². The van der Waals surface area contributed by atoms with Gasteiger partial charge in [-0.15, -0.1) is 0 Å². The van der Waals surface area contributed by atoms with Gasteiger partial charge in [-0.2, -0.15) is 5.10 Å². The lowest BCUT2D eigenvalue weighted by atomic mass is 9.96. The molecule has 7 heteroatoms. The summed E-state index contributed by atoms with van der Waals surface area (Å²) < 4.78 is 7.63. The number of hydrogen-bond donors (Lipinski definition) is 1. The van der Waals surface area contributed by atoms with Crippen molar-refractivity contribution in [2.75, 3.05) is 25.0 Å². The number of aromatic nitrogens is 3. The molecule has 0 unspecified atom stereocenters. The first-order chi connectivity index (χ1) is 13.5. The number of aryl methyl sites for hydroxylation is 2. The van der Waals surface area contributed by atoms with Gasteiger partial charge in [-0.05, 0) is 57.5 Å². The van der Waals surface area contributed by atoms with Gasteiger partial charge in [0.2, 0.25) is 5.91 Å². The minimum atomic E-state index is -0.115. The van der Waals surface area contributed by atoms with Gasteiger partial charge in [0.15, 0.2) is 0 Å². The third-order valence-electron chi connectivity index (χ3n) is 5.41. The number of carbonyl (C=O) groups excluding carboxylic acids is 1. The highest BCUT2D eigenvalue weighted by Gasteiger charge is 2.26. The molecule has 7 nitrogen and oxygen atoms in total. The highest BCUT2D eigenvalue weighted by atomic mass is 16.5. The van der Waals surface area contributed by atoms with E-state index in [0.29, 0.717) is 11.9 Å². The van der Waals surface area contributed by atoms with Crippen molar-refractivity contribution >= 4 is 11.6 Å². The third kappa shape index (κ3) is 4.97. The van der Waals surface area contributed by atoms with E-state index in [9.17, 15) is 4.79 Å². The monoisotopic (exact) mass is 385 g/mol. The Kier molecular flexibility index (Phi) is 6.80. The minimum absolute atomic E-state index is 0.115. The van der Waals surface area contributed by atoms with Gasteiger partial charge in [0.05, 0.1) is 6.10 Å². The molecule has 1 aromatic carbocycles. The second-order valence-corrected chi connectivity index (χ2v) is 7.29. The van der Waals surface area contributed by atoms with Crippen LogP contribution in [-0.2, 0) is 16.1 Å². The van der Waals surface area contributed by atoms with E-state index in [1.807, 2.05) is 26.0 Å². The quantitative estimate of drug-likeness (QED) is 0.793. The summed E-state index contributed by atoms with van der Waals surface area (Å²) in [6.07, 6.45) is 2.22. The van der Waals surface area contributed by atoms with Gasteiger partial charge in [0, 0.05) is 18.3 Å². The molecule has 0 radical (unpaired) electrons. The highest BCUT2D eigenvalue weighted by Crippen LogP contribution is 2.31. The van der Waals surface area contributed by atoms with Crippen LogP contribution in [0.4, 0.5) is 5.69 Å². The lowest BCUT2D eigenvalue weighted by Gasteiger charge is -2.36. The highest BCUT2D eigenvalue weighted by molar-refractivity contribution is 5.90. The molecular formula is C21H31N5O2. The first-order valence-electron chi connectivity index (χ1n) is 10.1. The van der Waals surface area contributed by atoms with E-state index in [0.717, 1.165) is 49.6 Å². The number of amides is 1. The van der Waals surface area contributed by atoms with Crippen LogP contribution in [0, 0.1) is 13.8 Å². The lowest BCUT2D eigenvalue weighted by Crippen LogP contribution is -2.40. The summed E-state index contributed by atoms with van der Waals surface area (Å²) in [7, 11) is 0. The topological polar surface area (TPSA) is 72.3 Å². The largest absolute Gasteiger partial charge is 0.373 e. The van der Waals surface area contributed by atoms with Crippen molar-refractivity contribution in [3.8, 4) is 0 Å². The first-order valence-corrected chi connectivity index (χ1v) is 10.1. The Bertz CT molecular complexity index is 783. The van der Waals surface area contributed by atoms with Crippen LogP contribution in [0.2, 0.25) is 0 Å². The number of benzene rings is 1. The van der Waals surface area contributed by atoms with E-state index in [4.69, 9.17) is 4.74 Å². The van der Waals surface area contributed by atoms with Crippen LogP contribution in [0.1, 0.15) is 50.0 Å². The van der Waals surface area contributed by atoms with Crippen LogP contribution in [0.15, 0.2) is 24.3 Å². The van der Waals surface area contributed by atoms with E-state index < -0.39 is 0 Å². The molecule has 152 valence electrons. The average Bonchev–Trinajstić information content (AvgIpc) is 3.00. The Morgan fingerprint density at radius 3 is 2.57 bits per heavy atom. The van der Waals surface area contributed by atoms with Gasteiger partial charge in [0.25, 0.3) is 0 Å². The van der Waals surface area contributed by atoms with E-state index >= 15 is 0 Å². The molecule has 0 bridgehead atoms. The molecule has 1 N–H and O–H groups in total. The molecule has 1 amide bonds. The van der Waals surface area contributed by atoms with Crippen LogP contribution in [-0.4, -0.2) is 51.3 Å². The summed E-state index contributed by atoms with van der Waals surface area (Å²) in [5.74, 6) is 1.29. The zero-order valence-corrected chi connectivity index (χ0v) is 17.3. The van der Waals surface area contributed by atoms with Crippen molar-refractivity contribution < 1.29 is 9.53 Å². The Labute approximate surface area is 167 Å². The standard InChI is InChI=1S/C21H31N5O2/c1-5-25(6-2)19-11-12-28-20(13-19)17-7-9-18(10-8-17)23-21(27)14-26-16(4)22-15(3)24-26/h7-10,19-20H,5-6,11-14H2,1-4H3,(H,23,27)/t19-,20+/m1/s1. The molecule has 28 heavy (non-hydrogen) atoms. The van der Waals surface area contributed by atoms with Gasteiger partial charge < -0.3 is 15.0 Å². The van der Waals surface area contributed by atoms with E-state index in [-0.39, 0.29) is 18.6 Å². The molecule has 1 aliphatic heterocycles. The number of ether oxygens (including phenoxy) is 1. The van der Waals surface area contributed by atoms with Gasteiger partial charge in [-0.1, -0.05) is 26.0 Å². The molecule has 2 aromatic rings. The zero-order valence-electron chi connectivity index (χ0n) is 17.3. The van der Waals surface area contributed by atoms with Crippen molar-refractivity contribution in [1.29, 1.82) is 0 Å². The number of anilines is 1. The Balaban J connectivity index is 1.58. The molecular weight excluding hydrogens is 354 g/mol. The van der Waals surface area contributed by atoms with Gasteiger partial charge in [-0.3, -0.25) is 4.79 Å². The van der Waals surface area contributed by atoms with E-state index in [1.165, 1.54) is 0 Å². The molecule has 2 heterocycles. The fraction of sp³-hybridized carbons (Fsp3) is 0.571. The van der Waals surface area contributed by atoms with Crippen LogP contribution in [0.5, 0.6) is 0 Å². The van der Waals surface area contributed by atoms with Gasteiger partial charge >= 0.3 is 0 Å². The summed E-state index contributed by atoms with van der Waals surface area (Å²) in [5.41, 5.74) is 1.94. The normalized spacial score (nSPS) is 19.8. The maximum atomic E-state index is 12.3. The molecule has 0 aliphatic carbocycles. The molecule has 1 aliphatic rings. The molecule has 1 aromatic heterocycles. The number of nitrogens with zero attached hydrogens (tertiary/aromatic N) is 4. The summed E-state index contributed by atoms with van der Waals surface area (Å²) >= 11 is 0. The van der Waals surface area contributed by atoms with Gasteiger partial charge in [0.1, 0.15) is 18.2 Å². The second kappa shape index (κ2) is 9.30. The number of carbonyl (C=O) groups is 1. The zero-order chi connectivity index (χ0) is 20.1. The molecule has 3 rings (SSSR count). The van der Waals surface area contributed by atoms with Crippen molar-refractivity contribution in [2.24, 2.45) is 0 Å². The Morgan fingerprint density at radius 2 is 1.96 bits per heavy atom. The molecule has 1 saturated heterocycles. The average molecular weight is 386 g/mol. The molecule has 1 fully saturated rings.